The zero-order chi connectivity index (χ0) is 14.4. The SMILES string of the molecule is CC(C)NCC1(CN(C)Cc2ccoc2)CCCOC1. The van der Waals surface area contributed by atoms with Gasteiger partial charge in [-0.25, -0.2) is 0 Å². The van der Waals surface area contributed by atoms with E-state index >= 15 is 0 Å². The lowest BCUT2D eigenvalue weighted by Gasteiger charge is -2.40. The van der Waals surface area contributed by atoms with Crippen molar-refractivity contribution in [1.82, 2.24) is 10.2 Å². The van der Waals surface area contributed by atoms with Crippen LogP contribution in [0.2, 0.25) is 0 Å². The van der Waals surface area contributed by atoms with Crippen LogP contribution in [-0.2, 0) is 11.3 Å². The topological polar surface area (TPSA) is 37.6 Å². The average Bonchev–Trinajstić information content (AvgIpc) is 2.90. The van der Waals surface area contributed by atoms with Crippen LogP contribution in [-0.4, -0.2) is 44.3 Å². The third-order valence-electron chi connectivity index (χ3n) is 3.93. The summed E-state index contributed by atoms with van der Waals surface area (Å²) >= 11 is 0. The van der Waals surface area contributed by atoms with Crippen LogP contribution >= 0.6 is 0 Å². The van der Waals surface area contributed by atoms with Crippen molar-refractivity contribution >= 4 is 0 Å². The molecule has 114 valence electrons. The van der Waals surface area contributed by atoms with E-state index in [1.165, 1.54) is 18.4 Å². The Labute approximate surface area is 122 Å². The summed E-state index contributed by atoms with van der Waals surface area (Å²) in [6, 6.07) is 2.56. The first-order chi connectivity index (χ1) is 9.60. The molecule has 1 aromatic rings. The average molecular weight is 280 g/mol. The molecule has 2 heterocycles. The van der Waals surface area contributed by atoms with E-state index in [0.717, 1.165) is 32.8 Å². The Hall–Kier alpha value is -0.840. The van der Waals surface area contributed by atoms with E-state index in [2.05, 4.69) is 31.1 Å². The third-order valence-corrected chi connectivity index (χ3v) is 3.93. The maximum atomic E-state index is 5.77. The molecule has 20 heavy (non-hydrogen) atoms. The zero-order valence-corrected chi connectivity index (χ0v) is 13.0. The molecule has 0 amide bonds. The molecule has 0 bridgehead atoms. The number of nitrogens with one attached hydrogen (secondary N) is 1. The molecule has 0 radical (unpaired) electrons. The van der Waals surface area contributed by atoms with Gasteiger partial charge in [0.1, 0.15) is 0 Å². The summed E-state index contributed by atoms with van der Waals surface area (Å²) in [7, 11) is 2.18. The Balaban J connectivity index is 1.92. The molecule has 0 aliphatic carbocycles. The van der Waals surface area contributed by atoms with Crippen molar-refractivity contribution in [1.29, 1.82) is 0 Å². The highest BCUT2D eigenvalue weighted by Crippen LogP contribution is 2.29. The molecular formula is C16H28N2O2. The summed E-state index contributed by atoms with van der Waals surface area (Å²) in [6.07, 6.45) is 5.97. The predicted octanol–water partition coefficient (Wildman–Crippen LogP) is 2.51. The van der Waals surface area contributed by atoms with Gasteiger partial charge in [-0.15, -0.1) is 0 Å². The van der Waals surface area contributed by atoms with Gasteiger partial charge < -0.3 is 19.4 Å². The Morgan fingerprint density at radius 3 is 2.90 bits per heavy atom. The normalized spacial score (nSPS) is 23.6. The molecule has 1 atom stereocenters. The molecule has 0 aromatic carbocycles. The Kier molecular flexibility index (Phi) is 5.64. The predicted molar refractivity (Wildman–Crippen MR) is 80.7 cm³/mol. The minimum absolute atomic E-state index is 0.237. The molecule has 1 saturated heterocycles. The summed E-state index contributed by atoms with van der Waals surface area (Å²) in [5, 5.41) is 3.60. The number of hydrogen-bond donors (Lipinski definition) is 1. The smallest absolute Gasteiger partial charge is 0.0947 e. The van der Waals surface area contributed by atoms with Gasteiger partial charge >= 0.3 is 0 Å². The second-order valence-electron chi connectivity index (χ2n) is 6.50. The molecule has 4 heteroatoms. The maximum Gasteiger partial charge on any atom is 0.0947 e. The van der Waals surface area contributed by atoms with E-state index < -0.39 is 0 Å². The van der Waals surface area contributed by atoms with Crippen molar-refractivity contribution in [3.63, 3.8) is 0 Å². The fraction of sp³-hybridized carbons (Fsp3) is 0.750. The van der Waals surface area contributed by atoms with Crippen LogP contribution in [0.4, 0.5) is 0 Å². The van der Waals surface area contributed by atoms with Crippen molar-refractivity contribution in [3.05, 3.63) is 24.2 Å². The first-order valence-electron chi connectivity index (χ1n) is 7.60. The van der Waals surface area contributed by atoms with Gasteiger partial charge in [0.25, 0.3) is 0 Å². The summed E-state index contributed by atoms with van der Waals surface area (Å²) in [5.74, 6) is 0. The van der Waals surface area contributed by atoms with Gasteiger partial charge in [0, 0.05) is 43.3 Å². The van der Waals surface area contributed by atoms with Gasteiger partial charge in [0.15, 0.2) is 0 Å². The largest absolute Gasteiger partial charge is 0.472 e. The van der Waals surface area contributed by atoms with Crippen LogP contribution < -0.4 is 5.32 Å². The van der Waals surface area contributed by atoms with Crippen LogP contribution in [0.3, 0.4) is 0 Å². The summed E-state index contributed by atoms with van der Waals surface area (Å²) in [5.41, 5.74) is 1.47. The molecule has 1 unspecified atom stereocenters. The number of furan rings is 1. The Bertz CT molecular complexity index is 370. The highest BCUT2D eigenvalue weighted by Gasteiger charge is 2.34. The lowest BCUT2D eigenvalue weighted by molar-refractivity contribution is -0.0245. The highest BCUT2D eigenvalue weighted by molar-refractivity contribution is 5.05. The Morgan fingerprint density at radius 2 is 2.30 bits per heavy atom. The number of hydrogen-bond acceptors (Lipinski definition) is 4. The molecule has 1 fully saturated rings. The third kappa shape index (κ3) is 4.62. The van der Waals surface area contributed by atoms with Crippen molar-refractivity contribution < 1.29 is 9.15 Å². The van der Waals surface area contributed by atoms with Crippen molar-refractivity contribution in [3.8, 4) is 0 Å². The fourth-order valence-electron chi connectivity index (χ4n) is 2.97. The van der Waals surface area contributed by atoms with Crippen LogP contribution in [0.15, 0.2) is 23.0 Å². The standard InChI is InChI=1S/C16H28N2O2/c1-14(2)17-11-16(6-4-7-20-13-16)12-18(3)9-15-5-8-19-10-15/h5,8,10,14,17H,4,6-7,9,11-13H2,1-3H3. The lowest BCUT2D eigenvalue weighted by Crippen LogP contribution is -2.49. The minimum Gasteiger partial charge on any atom is -0.472 e. The molecule has 2 rings (SSSR count). The van der Waals surface area contributed by atoms with Crippen molar-refractivity contribution in [2.24, 2.45) is 5.41 Å². The van der Waals surface area contributed by atoms with Gasteiger partial charge in [-0.1, -0.05) is 13.8 Å². The second-order valence-corrected chi connectivity index (χ2v) is 6.50. The van der Waals surface area contributed by atoms with Gasteiger partial charge in [0.05, 0.1) is 19.1 Å². The molecule has 1 aromatic heterocycles. The zero-order valence-electron chi connectivity index (χ0n) is 13.0. The number of nitrogens with zero attached hydrogens (tertiary/aromatic N) is 1. The molecular weight excluding hydrogens is 252 g/mol. The highest BCUT2D eigenvalue weighted by atomic mass is 16.5. The van der Waals surface area contributed by atoms with Crippen LogP contribution in [0.25, 0.3) is 0 Å². The molecule has 1 N–H and O–H groups in total. The molecule has 4 nitrogen and oxygen atoms in total. The van der Waals surface area contributed by atoms with E-state index in [9.17, 15) is 0 Å². The van der Waals surface area contributed by atoms with Crippen molar-refractivity contribution in [2.75, 3.05) is 33.4 Å². The summed E-state index contributed by atoms with van der Waals surface area (Å²) in [6.45, 7) is 9.19. The number of rotatable bonds is 7. The number of ether oxygens (including phenoxy) is 1. The van der Waals surface area contributed by atoms with Gasteiger partial charge in [-0.3, -0.25) is 0 Å². The minimum atomic E-state index is 0.237. The molecule has 1 aliphatic heterocycles. The van der Waals surface area contributed by atoms with Gasteiger partial charge in [-0.2, -0.15) is 0 Å². The molecule has 1 aliphatic rings. The first-order valence-corrected chi connectivity index (χ1v) is 7.60. The molecule has 0 spiro atoms. The van der Waals surface area contributed by atoms with Crippen molar-refractivity contribution in [2.45, 2.75) is 39.3 Å². The first kappa shape index (κ1) is 15.5. The maximum absolute atomic E-state index is 5.77. The monoisotopic (exact) mass is 280 g/mol. The Morgan fingerprint density at radius 1 is 1.45 bits per heavy atom. The van der Waals surface area contributed by atoms with Crippen LogP contribution in [0.1, 0.15) is 32.3 Å². The van der Waals surface area contributed by atoms with E-state index in [1.807, 2.05) is 12.3 Å². The lowest BCUT2D eigenvalue weighted by atomic mass is 9.81. The second kappa shape index (κ2) is 7.25. The van der Waals surface area contributed by atoms with Crippen LogP contribution in [0.5, 0.6) is 0 Å². The fourth-order valence-corrected chi connectivity index (χ4v) is 2.97. The van der Waals surface area contributed by atoms with E-state index in [1.54, 1.807) is 6.26 Å². The molecule has 0 saturated carbocycles. The van der Waals surface area contributed by atoms with Crippen LogP contribution in [0, 0.1) is 5.41 Å². The summed E-state index contributed by atoms with van der Waals surface area (Å²) in [4.78, 5) is 2.38. The quantitative estimate of drug-likeness (QED) is 0.833. The van der Waals surface area contributed by atoms with E-state index in [4.69, 9.17) is 9.15 Å². The van der Waals surface area contributed by atoms with E-state index in [0.29, 0.717) is 6.04 Å². The van der Waals surface area contributed by atoms with Gasteiger partial charge in [-0.05, 0) is 26.0 Å². The summed E-state index contributed by atoms with van der Waals surface area (Å²) < 4.78 is 10.9. The van der Waals surface area contributed by atoms with Gasteiger partial charge in [0.2, 0.25) is 0 Å². The van der Waals surface area contributed by atoms with E-state index in [-0.39, 0.29) is 5.41 Å².